The highest BCUT2D eigenvalue weighted by Gasteiger charge is 2.30. The van der Waals surface area contributed by atoms with Crippen molar-refractivity contribution in [2.75, 3.05) is 11.1 Å². The van der Waals surface area contributed by atoms with E-state index < -0.39 is 0 Å². The highest BCUT2D eigenvalue weighted by atomic mass is 16.5. The van der Waals surface area contributed by atoms with Crippen molar-refractivity contribution < 1.29 is 4.74 Å². The third-order valence-corrected chi connectivity index (χ3v) is 3.75. The SMILES string of the molecule is CC(C)Oc1nc(N)nc(NC2CCC(C)C2C)n1. The van der Waals surface area contributed by atoms with E-state index in [4.69, 9.17) is 10.5 Å². The molecule has 0 radical (unpaired) electrons. The Morgan fingerprint density at radius 3 is 2.53 bits per heavy atom. The highest BCUT2D eigenvalue weighted by Crippen LogP contribution is 2.32. The van der Waals surface area contributed by atoms with Gasteiger partial charge < -0.3 is 15.8 Å². The van der Waals surface area contributed by atoms with Gasteiger partial charge in [0.2, 0.25) is 11.9 Å². The zero-order valence-electron chi connectivity index (χ0n) is 12.1. The van der Waals surface area contributed by atoms with Crippen LogP contribution in [-0.4, -0.2) is 27.1 Å². The number of nitrogens with two attached hydrogens (primary N) is 1. The Morgan fingerprint density at radius 1 is 1.21 bits per heavy atom. The molecule has 1 fully saturated rings. The Hall–Kier alpha value is -1.59. The molecule has 3 N–H and O–H groups in total. The van der Waals surface area contributed by atoms with Crippen LogP contribution in [0.15, 0.2) is 0 Å². The van der Waals surface area contributed by atoms with E-state index in [1.54, 1.807) is 0 Å². The van der Waals surface area contributed by atoms with Gasteiger partial charge in [0.15, 0.2) is 0 Å². The molecule has 1 heterocycles. The lowest BCUT2D eigenvalue weighted by Gasteiger charge is -2.19. The number of ether oxygens (including phenoxy) is 1. The molecule has 1 aromatic rings. The summed E-state index contributed by atoms with van der Waals surface area (Å²) < 4.78 is 5.47. The fourth-order valence-electron chi connectivity index (χ4n) is 2.43. The van der Waals surface area contributed by atoms with Crippen LogP contribution in [0.1, 0.15) is 40.5 Å². The van der Waals surface area contributed by atoms with E-state index in [1.807, 2.05) is 13.8 Å². The van der Waals surface area contributed by atoms with Crippen molar-refractivity contribution in [3.8, 4) is 6.01 Å². The lowest BCUT2D eigenvalue weighted by molar-refractivity contribution is 0.222. The number of hydrogen-bond acceptors (Lipinski definition) is 6. The molecule has 1 saturated carbocycles. The van der Waals surface area contributed by atoms with Crippen LogP contribution in [0.5, 0.6) is 6.01 Å². The summed E-state index contributed by atoms with van der Waals surface area (Å²) in [6.45, 7) is 8.38. The summed E-state index contributed by atoms with van der Waals surface area (Å²) in [6, 6.07) is 0.674. The van der Waals surface area contributed by atoms with Gasteiger partial charge in [0.1, 0.15) is 0 Å². The first-order chi connectivity index (χ1) is 8.95. The number of nitrogen functional groups attached to an aromatic ring is 1. The minimum Gasteiger partial charge on any atom is -0.461 e. The first kappa shape index (κ1) is 13.8. The zero-order chi connectivity index (χ0) is 14.0. The summed E-state index contributed by atoms with van der Waals surface area (Å²) in [4.78, 5) is 12.4. The van der Waals surface area contributed by atoms with E-state index in [-0.39, 0.29) is 18.1 Å². The minimum absolute atomic E-state index is 0.0140. The molecule has 0 amide bonds. The van der Waals surface area contributed by atoms with Crippen LogP contribution in [0.25, 0.3) is 0 Å². The average Bonchev–Trinajstić information content (AvgIpc) is 2.59. The third-order valence-electron chi connectivity index (χ3n) is 3.75. The largest absolute Gasteiger partial charge is 0.461 e. The predicted molar refractivity (Wildman–Crippen MR) is 75.0 cm³/mol. The second-order valence-electron chi connectivity index (χ2n) is 5.63. The maximum atomic E-state index is 5.69. The maximum Gasteiger partial charge on any atom is 0.323 e. The van der Waals surface area contributed by atoms with E-state index in [0.717, 1.165) is 12.3 Å². The Morgan fingerprint density at radius 2 is 1.95 bits per heavy atom. The molecule has 0 aromatic carbocycles. The molecule has 1 aliphatic rings. The van der Waals surface area contributed by atoms with Crippen LogP contribution in [0.4, 0.5) is 11.9 Å². The Labute approximate surface area is 114 Å². The van der Waals surface area contributed by atoms with Gasteiger partial charge >= 0.3 is 6.01 Å². The van der Waals surface area contributed by atoms with Crippen molar-refractivity contribution in [2.45, 2.75) is 52.7 Å². The predicted octanol–water partition coefficient (Wildman–Crippen LogP) is 2.09. The molecule has 3 atom stereocenters. The monoisotopic (exact) mass is 265 g/mol. The molecule has 19 heavy (non-hydrogen) atoms. The summed E-state index contributed by atoms with van der Waals surface area (Å²) >= 11 is 0. The smallest absolute Gasteiger partial charge is 0.323 e. The van der Waals surface area contributed by atoms with Crippen LogP contribution >= 0.6 is 0 Å². The van der Waals surface area contributed by atoms with Crippen molar-refractivity contribution in [1.29, 1.82) is 0 Å². The van der Waals surface area contributed by atoms with Gasteiger partial charge in [-0.1, -0.05) is 13.8 Å². The van der Waals surface area contributed by atoms with Crippen molar-refractivity contribution in [1.82, 2.24) is 15.0 Å². The third kappa shape index (κ3) is 3.45. The van der Waals surface area contributed by atoms with E-state index in [2.05, 4.69) is 34.1 Å². The number of nitrogens with one attached hydrogen (secondary N) is 1. The van der Waals surface area contributed by atoms with Gasteiger partial charge in [-0.3, -0.25) is 0 Å². The quantitative estimate of drug-likeness (QED) is 0.867. The van der Waals surface area contributed by atoms with Crippen molar-refractivity contribution >= 4 is 11.9 Å². The average molecular weight is 265 g/mol. The van der Waals surface area contributed by atoms with Gasteiger partial charge in [-0.05, 0) is 38.5 Å². The van der Waals surface area contributed by atoms with Gasteiger partial charge in [0, 0.05) is 6.04 Å². The second kappa shape index (κ2) is 5.59. The van der Waals surface area contributed by atoms with E-state index in [0.29, 0.717) is 17.9 Å². The van der Waals surface area contributed by atoms with Crippen molar-refractivity contribution in [2.24, 2.45) is 11.8 Å². The molecule has 0 spiro atoms. The molecular weight excluding hydrogens is 242 g/mol. The first-order valence-electron chi connectivity index (χ1n) is 6.90. The number of hydrogen-bond donors (Lipinski definition) is 2. The lowest BCUT2D eigenvalue weighted by Crippen LogP contribution is -2.25. The standard InChI is InChI=1S/C13H23N5O/c1-7(2)19-13-17-11(14)16-12(18-13)15-10-6-5-8(3)9(10)4/h7-10H,5-6H2,1-4H3,(H3,14,15,16,17,18). The van der Waals surface area contributed by atoms with E-state index in [9.17, 15) is 0 Å². The normalized spacial score (nSPS) is 26.7. The molecular formula is C13H23N5O. The van der Waals surface area contributed by atoms with Crippen molar-refractivity contribution in [3.63, 3.8) is 0 Å². The summed E-state index contributed by atoms with van der Waals surface area (Å²) in [7, 11) is 0. The topological polar surface area (TPSA) is 86.0 Å². The van der Waals surface area contributed by atoms with Gasteiger partial charge in [0.25, 0.3) is 0 Å². The highest BCUT2D eigenvalue weighted by molar-refractivity contribution is 5.34. The fraction of sp³-hybridized carbons (Fsp3) is 0.769. The number of rotatable bonds is 4. The maximum absolute atomic E-state index is 5.69. The Balaban J connectivity index is 2.09. The zero-order valence-corrected chi connectivity index (χ0v) is 12.1. The summed E-state index contributed by atoms with van der Waals surface area (Å²) in [5.74, 6) is 2.02. The molecule has 1 aromatic heterocycles. The summed E-state index contributed by atoms with van der Waals surface area (Å²) in [5, 5.41) is 3.35. The van der Waals surface area contributed by atoms with Crippen molar-refractivity contribution in [3.05, 3.63) is 0 Å². The van der Waals surface area contributed by atoms with Gasteiger partial charge in [-0.2, -0.15) is 15.0 Å². The molecule has 2 rings (SSSR count). The number of anilines is 2. The number of aromatic nitrogens is 3. The molecule has 1 aliphatic carbocycles. The van der Waals surface area contributed by atoms with Crippen LogP contribution in [-0.2, 0) is 0 Å². The van der Waals surface area contributed by atoms with E-state index >= 15 is 0 Å². The Kier molecular flexibility index (Phi) is 4.07. The fourth-order valence-corrected chi connectivity index (χ4v) is 2.43. The summed E-state index contributed by atoms with van der Waals surface area (Å²) in [6.07, 6.45) is 2.38. The van der Waals surface area contributed by atoms with Gasteiger partial charge in [-0.25, -0.2) is 0 Å². The Bertz CT molecular complexity index is 437. The van der Waals surface area contributed by atoms with Gasteiger partial charge in [-0.15, -0.1) is 0 Å². The molecule has 0 saturated heterocycles. The van der Waals surface area contributed by atoms with Crippen LogP contribution in [0.3, 0.4) is 0 Å². The lowest BCUT2D eigenvalue weighted by atomic mass is 9.98. The molecule has 3 unspecified atom stereocenters. The number of nitrogens with zero attached hydrogens (tertiary/aromatic N) is 3. The second-order valence-corrected chi connectivity index (χ2v) is 5.63. The van der Waals surface area contributed by atoms with Gasteiger partial charge in [0.05, 0.1) is 6.10 Å². The van der Waals surface area contributed by atoms with E-state index in [1.165, 1.54) is 6.42 Å². The molecule has 6 heteroatoms. The van der Waals surface area contributed by atoms with Crippen LogP contribution < -0.4 is 15.8 Å². The molecule has 0 aliphatic heterocycles. The first-order valence-corrected chi connectivity index (χ1v) is 6.90. The molecule has 6 nitrogen and oxygen atoms in total. The van der Waals surface area contributed by atoms with Crippen LogP contribution in [0, 0.1) is 11.8 Å². The molecule has 106 valence electrons. The minimum atomic E-state index is 0.0140. The summed E-state index contributed by atoms with van der Waals surface area (Å²) in [5.41, 5.74) is 5.69. The molecule has 0 bridgehead atoms. The van der Waals surface area contributed by atoms with Crippen LogP contribution in [0.2, 0.25) is 0 Å².